The van der Waals surface area contributed by atoms with Crippen LogP contribution in [0.1, 0.15) is 5.56 Å². The van der Waals surface area contributed by atoms with Crippen molar-refractivity contribution in [3.63, 3.8) is 0 Å². The van der Waals surface area contributed by atoms with Gasteiger partial charge in [0, 0.05) is 14.9 Å². The molecule has 1 nitrogen and oxygen atoms in total. The highest BCUT2D eigenvalue weighted by atomic mass is 127. The largest absolute Gasteiger partial charge is 0.356 e. The Bertz CT molecular complexity index is 448. The third kappa shape index (κ3) is 2.96. The summed E-state index contributed by atoms with van der Waals surface area (Å²) < 4.78 is 1.25. The molecule has 0 atom stereocenters. The Labute approximate surface area is 104 Å². The number of aryl methyl sites for hydroxylation is 1. The van der Waals surface area contributed by atoms with Crippen LogP contribution in [-0.4, -0.2) is 0 Å². The van der Waals surface area contributed by atoms with Crippen LogP contribution in [0.25, 0.3) is 0 Å². The highest BCUT2D eigenvalue weighted by molar-refractivity contribution is 14.1. The summed E-state index contributed by atoms with van der Waals surface area (Å²) in [4.78, 5) is 0. The number of hydrogen-bond acceptors (Lipinski definition) is 1. The minimum atomic E-state index is 1.13. The van der Waals surface area contributed by atoms with Crippen LogP contribution in [0.4, 0.5) is 11.4 Å². The summed E-state index contributed by atoms with van der Waals surface area (Å²) in [6.45, 7) is 2.10. The van der Waals surface area contributed by atoms with Gasteiger partial charge in [-0.1, -0.05) is 12.1 Å². The zero-order valence-corrected chi connectivity index (χ0v) is 10.7. The lowest BCUT2D eigenvalue weighted by Crippen LogP contribution is -1.90. The molecular weight excluding hydrogens is 297 g/mol. The van der Waals surface area contributed by atoms with Crippen LogP contribution in [0, 0.1) is 10.5 Å². The molecule has 0 aliphatic carbocycles. The fourth-order valence-electron chi connectivity index (χ4n) is 1.42. The van der Waals surface area contributed by atoms with E-state index in [1.54, 1.807) is 0 Å². The zero-order valence-electron chi connectivity index (χ0n) is 8.50. The van der Waals surface area contributed by atoms with Gasteiger partial charge in [0.25, 0.3) is 0 Å². The fourth-order valence-corrected chi connectivity index (χ4v) is 1.78. The van der Waals surface area contributed by atoms with Gasteiger partial charge in [-0.3, -0.25) is 0 Å². The van der Waals surface area contributed by atoms with Crippen LogP contribution >= 0.6 is 22.6 Å². The summed E-state index contributed by atoms with van der Waals surface area (Å²) in [7, 11) is 0. The molecule has 0 unspecified atom stereocenters. The Balaban J connectivity index is 2.18. The first-order valence-corrected chi connectivity index (χ1v) is 5.91. The van der Waals surface area contributed by atoms with Gasteiger partial charge in [0.1, 0.15) is 0 Å². The number of rotatable bonds is 2. The van der Waals surface area contributed by atoms with Gasteiger partial charge < -0.3 is 5.32 Å². The first-order chi connectivity index (χ1) is 7.24. The lowest BCUT2D eigenvalue weighted by atomic mass is 10.2. The minimum absolute atomic E-state index is 1.13. The molecule has 0 fully saturated rings. The predicted molar refractivity (Wildman–Crippen MR) is 73.6 cm³/mol. The molecule has 0 saturated carbocycles. The van der Waals surface area contributed by atoms with Gasteiger partial charge in [-0.2, -0.15) is 0 Å². The smallest absolute Gasteiger partial charge is 0.0386 e. The molecule has 2 heteroatoms. The summed E-state index contributed by atoms with van der Waals surface area (Å²) in [5.74, 6) is 0. The molecule has 0 spiro atoms. The first kappa shape index (κ1) is 10.5. The second-order valence-electron chi connectivity index (χ2n) is 3.50. The average Bonchev–Trinajstić information content (AvgIpc) is 2.22. The molecule has 2 aromatic carbocycles. The molecule has 0 heterocycles. The van der Waals surface area contributed by atoms with E-state index in [9.17, 15) is 0 Å². The van der Waals surface area contributed by atoms with E-state index in [4.69, 9.17) is 0 Å². The van der Waals surface area contributed by atoms with Gasteiger partial charge in [0.2, 0.25) is 0 Å². The van der Waals surface area contributed by atoms with Gasteiger partial charge in [0.05, 0.1) is 0 Å². The van der Waals surface area contributed by atoms with Crippen molar-refractivity contribution in [3.8, 4) is 0 Å². The van der Waals surface area contributed by atoms with E-state index in [0.717, 1.165) is 11.4 Å². The fraction of sp³-hybridized carbons (Fsp3) is 0.0769. The lowest BCUT2D eigenvalue weighted by molar-refractivity contribution is 1.45. The van der Waals surface area contributed by atoms with E-state index < -0.39 is 0 Å². The summed E-state index contributed by atoms with van der Waals surface area (Å²) in [6, 6.07) is 16.7. The molecular formula is C13H12IN. The Morgan fingerprint density at radius 2 is 1.67 bits per heavy atom. The maximum Gasteiger partial charge on any atom is 0.0386 e. The quantitative estimate of drug-likeness (QED) is 0.814. The van der Waals surface area contributed by atoms with E-state index in [1.165, 1.54) is 9.13 Å². The number of benzene rings is 2. The number of nitrogens with one attached hydrogen (secondary N) is 1. The third-order valence-electron chi connectivity index (χ3n) is 2.15. The number of hydrogen-bond donors (Lipinski definition) is 1. The molecule has 1 N–H and O–H groups in total. The van der Waals surface area contributed by atoms with Crippen LogP contribution < -0.4 is 5.32 Å². The average molecular weight is 309 g/mol. The van der Waals surface area contributed by atoms with Crippen LogP contribution in [0.15, 0.2) is 48.5 Å². The van der Waals surface area contributed by atoms with Crippen LogP contribution in [-0.2, 0) is 0 Å². The van der Waals surface area contributed by atoms with E-state index >= 15 is 0 Å². The second-order valence-corrected chi connectivity index (χ2v) is 4.75. The molecule has 76 valence electrons. The molecule has 0 aliphatic heterocycles. The topological polar surface area (TPSA) is 12.0 Å². The van der Waals surface area contributed by atoms with Crippen LogP contribution in [0.5, 0.6) is 0 Å². The molecule has 0 aliphatic rings. The molecule has 15 heavy (non-hydrogen) atoms. The van der Waals surface area contributed by atoms with Crippen LogP contribution in [0.2, 0.25) is 0 Å². The number of halogens is 1. The molecule has 0 bridgehead atoms. The Morgan fingerprint density at radius 1 is 0.933 bits per heavy atom. The molecule has 0 aromatic heterocycles. The highest BCUT2D eigenvalue weighted by Crippen LogP contribution is 2.18. The van der Waals surface area contributed by atoms with E-state index in [2.05, 4.69) is 83.4 Å². The summed E-state index contributed by atoms with van der Waals surface area (Å²) in [5, 5.41) is 3.37. The maximum absolute atomic E-state index is 3.37. The Morgan fingerprint density at radius 3 is 2.33 bits per heavy atom. The first-order valence-electron chi connectivity index (χ1n) is 4.83. The Kier molecular flexibility index (Phi) is 3.26. The van der Waals surface area contributed by atoms with E-state index in [1.807, 2.05) is 0 Å². The minimum Gasteiger partial charge on any atom is -0.356 e. The summed E-state index contributed by atoms with van der Waals surface area (Å²) in [5.41, 5.74) is 3.53. The standard InChI is InChI=1S/C13H12IN/c1-10-3-2-4-13(9-10)15-12-7-5-11(14)6-8-12/h2-9,15H,1H3. The van der Waals surface area contributed by atoms with Crippen molar-refractivity contribution in [2.24, 2.45) is 0 Å². The van der Waals surface area contributed by atoms with Crippen molar-refractivity contribution >= 4 is 34.0 Å². The van der Waals surface area contributed by atoms with Gasteiger partial charge in [-0.05, 0) is 71.5 Å². The van der Waals surface area contributed by atoms with E-state index in [-0.39, 0.29) is 0 Å². The number of anilines is 2. The summed E-state index contributed by atoms with van der Waals surface area (Å²) in [6.07, 6.45) is 0. The van der Waals surface area contributed by atoms with Crippen molar-refractivity contribution in [1.82, 2.24) is 0 Å². The molecule has 0 saturated heterocycles. The Hall–Kier alpha value is -1.03. The maximum atomic E-state index is 3.37. The molecule has 0 radical (unpaired) electrons. The van der Waals surface area contributed by atoms with Gasteiger partial charge >= 0.3 is 0 Å². The van der Waals surface area contributed by atoms with Crippen molar-refractivity contribution < 1.29 is 0 Å². The van der Waals surface area contributed by atoms with Gasteiger partial charge in [0.15, 0.2) is 0 Å². The summed E-state index contributed by atoms with van der Waals surface area (Å²) >= 11 is 2.31. The lowest BCUT2D eigenvalue weighted by Gasteiger charge is -2.06. The van der Waals surface area contributed by atoms with Crippen molar-refractivity contribution in [2.45, 2.75) is 6.92 Å². The normalized spacial score (nSPS) is 10.0. The van der Waals surface area contributed by atoms with Gasteiger partial charge in [-0.25, -0.2) is 0 Å². The van der Waals surface area contributed by atoms with Crippen molar-refractivity contribution in [2.75, 3.05) is 5.32 Å². The van der Waals surface area contributed by atoms with Crippen molar-refractivity contribution in [3.05, 3.63) is 57.7 Å². The SMILES string of the molecule is Cc1cccc(Nc2ccc(I)cc2)c1. The van der Waals surface area contributed by atoms with E-state index in [0.29, 0.717) is 0 Å². The molecule has 2 rings (SSSR count). The molecule has 0 amide bonds. The second kappa shape index (κ2) is 4.66. The third-order valence-corrected chi connectivity index (χ3v) is 2.87. The highest BCUT2D eigenvalue weighted by Gasteiger charge is 1.94. The predicted octanol–water partition coefficient (Wildman–Crippen LogP) is 4.34. The zero-order chi connectivity index (χ0) is 10.7. The van der Waals surface area contributed by atoms with Gasteiger partial charge in [-0.15, -0.1) is 0 Å². The monoisotopic (exact) mass is 309 g/mol. The van der Waals surface area contributed by atoms with Crippen LogP contribution in [0.3, 0.4) is 0 Å². The molecule has 2 aromatic rings. The van der Waals surface area contributed by atoms with Crippen molar-refractivity contribution in [1.29, 1.82) is 0 Å².